The molecule has 0 saturated carbocycles. The van der Waals surface area contributed by atoms with Gasteiger partial charge in [-0.15, -0.1) is 0 Å². The summed E-state index contributed by atoms with van der Waals surface area (Å²) in [7, 11) is 0. The number of nitriles is 1. The Morgan fingerprint density at radius 1 is 1.19 bits per heavy atom. The highest BCUT2D eigenvalue weighted by molar-refractivity contribution is 6.34. The van der Waals surface area contributed by atoms with Gasteiger partial charge in [0.2, 0.25) is 0 Å². The fourth-order valence-corrected chi connectivity index (χ4v) is 5.05. The summed E-state index contributed by atoms with van der Waals surface area (Å²) in [5.41, 5.74) is 5.12. The maximum atomic E-state index is 13.8. The van der Waals surface area contributed by atoms with E-state index in [1.54, 1.807) is 34.1 Å². The quantitative estimate of drug-likeness (QED) is 0.311. The van der Waals surface area contributed by atoms with Crippen molar-refractivity contribution in [3.63, 3.8) is 0 Å². The Bertz CT molecular complexity index is 1690. The molecule has 180 valence electrons. The van der Waals surface area contributed by atoms with E-state index in [0.717, 1.165) is 33.5 Å². The number of pyridine rings is 2. The molecule has 5 aromatic rings. The highest BCUT2D eigenvalue weighted by Gasteiger charge is 2.24. The summed E-state index contributed by atoms with van der Waals surface area (Å²) < 4.78 is 23.9. The topological polar surface area (TPSA) is 84.3 Å². The van der Waals surface area contributed by atoms with Crippen LogP contribution >= 0.6 is 11.6 Å². The van der Waals surface area contributed by atoms with Gasteiger partial charge in [-0.3, -0.25) is 9.67 Å². The highest BCUT2D eigenvalue weighted by Crippen LogP contribution is 2.37. The van der Waals surface area contributed by atoms with Crippen LogP contribution in [0.5, 0.6) is 5.75 Å². The first kappa shape index (κ1) is 22.3. The lowest BCUT2D eigenvalue weighted by Gasteiger charge is -2.22. The molecule has 1 atom stereocenters. The third-order valence-corrected chi connectivity index (χ3v) is 6.96. The Labute approximate surface area is 211 Å². The highest BCUT2D eigenvalue weighted by atomic mass is 35.5. The molecule has 1 aliphatic rings. The number of benzene rings is 1. The fraction of sp³-hybridized carbons (Fsp3) is 0.231. The van der Waals surface area contributed by atoms with E-state index < -0.39 is 6.10 Å². The number of ether oxygens (including phenoxy) is 1. The number of nitrogens with zero attached hydrogens (tertiary/aromatic N) is 7. The predicted octanol–water partition coefficient (Wildman–Crippen LogP) is 5.28. The molecule has 0 N–H and O–H groups in total. The lowest BCUT2D eigenvalue weighted by Crippen LogP contribution is -2.30. The van der Waals surface area contributed by atoms with Crippen LogP contribution in [0.1, 0.15) is 29.8 Å². The summed E-state index contributed by atoms with van der Waals surface area (Å²) in [5, 5.41) is 20.6. The predicted molar refractivity (Wildman–Crippen MR) is 133 cm³/mol. The van der Waals surface area contributed by atoms with E-state index >= 15 is 0 Å². The Balaban J connectivity index is 1.43. The maximum Gasteiger partial charge on any atom is 0.179 e. The first-order valence-corrected chi connectivity index (χ1v) is 11.9. The van der Waals surface area contributed by atoms with Crippen LogP contribution in [0.3, 0.4) is 0 Å². The summed E-state index contributed by atoms with van der Waals surface area (Å²) in [6.45, 7) is 5.74. The molecule has 0 fully saturated rings. The molecule has 0 saturated heterocycles. The van der Waals surface area contributed by atoms with Gasteiger partial charge in [-0.1, -0.05) is 17.7 Å². The van der Waals surface area contributed by atoms with Gasteiger partial charge in [-0.2, -0.15) is 15.5 Å². The molecule has 4 aromatic heterocycles. The number of halogens is 2. The lowest BCUT2D eigenvalue weighted by atomic mass is 10.0. The second kappa shape index (κ2) is 8.50. The summed E-state index contributed by atoms with van der Waals surface area (Å²) in [6, 6.07) is 6.55. The van der Waals surface area contributed by atoms with Gasteiger partial charge in [0, 0.05) is 47.2 Å². The first-order chi connectivity index (χ1) is 17.4. The zero-order chi connectivity index (χ0) is 25.0. The van der Waals surface area contributed by atoms with Crippen LogP contribution in [0.2, 0.25) is 5.02 Å². The molecule has 8 nitrogen and oxygen atoms in total. The van der Waals surface area contributed by atoms with E-state index in [1.807, 2.05) is 30.8 Å². The molecule has 0 amide bonds. The number of fused-ring (bicyclic) bond motifs is 3. The molecule has 10 heteroatoms. The van der Waals surface area contributed by atoms with Crippen LogP contribution < -0.4 is 4.74 Å². The third-order valence-electron chi connectivity index (χ3n) is 6.68. The van der Waals surface area contributed by atoms with Crippen LogP contribution in [-0.2, 0) is 13.1 Å². The van der Waals surface area contributed by atoms with Crippen LogP contribution in [0, 0.1) is 24.2 Å². The monoisotopic (exact) mass is 501 g/mol. The average molecular weight is 502 g/mol. The van der Waals surface area contributed by atoms with Crippen molar-refractivity contribution in [2.45, 2.75) is 33.0 Å². The molecule has 0 radical (unpaired) electrons. The SMILES string of the molecule is Cc1c(-c2cc(OC(C)c3cncc4cc(F)ccc34)c3c(Cl)cnn3c2)nn2c1CN(C#N)CC2. The maximum absolute atomic E-state index is 13.8. The largest absolute Gasteiger partial charge is 0.484 e. The Morgan fingerprint density at radius 3 is 2.89 bits per heavy atom. The Hall–Kier alpha value is -4.16. The molecular weight excluding hydrogens is 481 g/mol. The van der Waals surface area contributed by atoms with E-state index in [9.17, 15) is 9.65 Å². The van der Waals surface area contributed by atoms with Crippen molar-refractivity contribution in [2.75, 3.05) is 6.54 Å². The normalized spacial score (nSPS) is 14.1. The molecule has 1 aliphatic heterocycles. The van der Waals surface area contributed by atoms with E-state index in [0.29, 0.717) is 41.3 Å². The summed E-state index contributed by atoms with van der Waals surface area (Å²) in [4.78, 5) is 6.01. The summed E-state index contributed by atoms with van der Waals surface area (Å²) in [5.74, 6) is 0.233. The number of hydrogen-bond acceptors (Lipinski definition) is 6. The molecule has 5 heterocycles. The summed E-state index contributed by atoms with van der Waals surface area (Å²) in [6.07, 6.45) is 8.65. The van der Waals surface area contributed by atoms with Gasteiger partial charge in [0.25, 0.3) is 0 Å². The van der Waals surface area contributed by atoms with Gasteiger partial charge in [-0.25, -0.2) is 8.91 Å². The van der Waals surface area contributed by atoms with Crippen molar-refractivity contribution in [2.24, 2.45) is 0 Å². The van der Waals surface area contributed by atoms with Crippen LogP contribution in [0.15, 0.2) is 49.1 Å². The van der Waals surface area contributed by atoms with Gasteiger partial charge in [0.05, 0.1) is 35.7 Å². The fourth-order valence-electron chi connectivity index (χ4n) is 4.82. The van der Waals surface area contributed by atoms with E-state index in [1.165, 1.54) is 12.1 Å². The van der Waals surface area contributed by atoms with Crippen molar-refractivity contribution in [3.8, 4) is 23.2 Å². The second-order valence-electron chi connectivity index (χ2n) is 8.90. The minimum atomic E-state index is -0.405. The van der Waals surface area contributed by atoms with Crippen molar-refractivity contribution < 1.29 is 9.13 Å². The van der Waals surface area contributed by atoms with E-state index in [2.05, 4.69) is 16.3 Å². The zero-order valence-corrected chi connectivity index (χ0v) is 20.4. The molecule has 1 unspecified atom stereocenters. The molecule has 0 aliphatic carbocycles. The van der Waals surface area contributed by atoms with Crippen LogP contribution in [-0.4, -0.2) is 35.8 Å². The first-order valence-electron chi connectivity index (χ1n) is 11.5. The zero-order valence-electron chi connectivity index (χ0n) is 19.6. The van der Waals surface area contributed by atoms with Crippen LogP contribution in [0.25, 0.3) is 27.5 Å². The number of aromatic nitrogens is 5. The minimum Gasteiger partial charge on any atom is -0.484 e. The number of rotatable bonds is 4. The Morgan fingerprint density at radius 2 is 2.06 bits per heavy atom. The van der Waals surface area contributed by atoms with Gasteiger partial charge >= 0.3 is 0 Å². The smallest absolute Gasteiger partial charge is 0.179 e. The Kier molecular flexibility index (Phi) is 5.27. The average Bonchev–Trinajstić information content (AvgIpc) is 3.42. The van der Waals surface area contributed by atoms with Crippen molar-refractivity contribution in [3.05, 3.63) is 76.7 Å². The van der Waals surface area contributed by atoms with E-state index in [4.69, 9.17) is 21.4 Å². The van der Waals surface area contributed by atoms with Gasteiger partial charge < -0.3 is 9.64 Å². The second-order valence-corrected chi connectivity index (χ2v) is 9.31. The van der Waals surface area contributed by atoms with Crippen LogP contribution in [0.4, 0.5) is 4.39 Å². The molecule has 0 bridgehead atoms. The van der Waals surface area contributed by atoms with Gasteiger partial charge in [0.1, 0.15) is 23.2 Å². The third kappa shape index (κ3) is 3.62. The van der Waals surface area contributed by atoms with Gasteiger partial charge in [-0.05, 0) is 37.4 Å². The molecule has 6 rings (SSSR count). The van der Waals surface area contributed by atoms with Gasteiger partial charge in [0.15, 0.2) is 6.19 Å². The lowest BCUT2D eigenvalue weighted by molar-refractivity contribution is 0.230. The minimum absolute atomic E-state index is 0.313. The van der Waals surface area contributed by atoms with Crippen molar-refractivity contribution in [1.29, 1.82) is 5.26 Å². The summed E-state index contributed by atoms with van der Waals surface area (Å²) >= 11 is 6.49. The molecule has 0 spiro atoms. The molecule has 36 heavy (non-hydrogen) atoms. The molecule has 1 aromatic carbocycles. The van der Waals surface area contributed by atoms with E-state index in [-0.39, 0.29) is 5.82 Å². The van der Waals surface area contributed by atoms with Crippen molar-refractivity contribution >= 4 is 27.9 Å². The van der Waals surface area contributed by atoms with Crippen molar-refractivity contribution in [1.82, 2.24) is 29.3 Å². The molecular formula is C26H21ClFN7O. The number of hydrogen-bond donors (Lipinski definition) is 0. The standard InChI is InChI=1S/C26H21ClFN7O/c1-15-23-13-33(14-29)5-6-34(23)32-25(15)18-8-24(26-22(27)11-31-35(26)12-18)36-16(2)21-10-30-9-17-7-19(28)3-4-20(17)21/h3-4,7-12,16H,5-6,13H2,1-2H3.